The van der Waals surface area contributed by atoms with E-state index in [-0.39, 0.29) is 0 Å². The summed E-state index contributed by atoms with van der Waals surface area (Å²) in [5, 5.41) is 2.89. The van der Waals surface area contributed by atoms with Gasteiger partial charge in [0.2, 0.25) is 0 Å². The molecule has 3 nitrogen and oxygen atoms in total. The van der Waals surface area contributed by atoms with E-state index in [1.165, 1.54) is 0 Å². The maximum absolute atomic E-state index is 5.62. The zero-order valence-corrected chi connectivity index (χ0v) is 6.41. The molecule has 0 radical (unpaired) electrons. The molecule has 11 heavy (non-hydrogen) atoms. The van der Waals surface area contributed by atoms with Crippen LogP contribution in [0.25, 0.3) is 6.08 Å². The van der Waals surface area contributed by atoms with Gasteiger partial charge in [-0.3, -0.25) is 4.98 Å². The Bertz CT molecular complexity index is 255. The number of hydrogen-bond acceptors (Lipinski definition) is 3. The molecule has 3 heteroatoms. The average molecular weight is 149 g/mol. The topological polar surface area (TPSA) is 50.9 Å². The largest absolute Gasteiger partial charge is 0.397 e. The fourth-order valence-corrected chi connectivity index (χ4v) is 0.742. The summed E-state index contributed by atoms with van der Waals surface area (Å²) < 4.78 is 0. The van der Waals surface area contributed by atoms with Crippen LogP contribution < -0.4 is 11.1 Å². The van der Waals surface area contributed by atoms with Crippen molar-refractivity contribution in [2.24, 2.45) is 0 Å². The first-order chi connectivity index (χ1) is 5.34. The zero-order chi connectivity index (χ0) is 8.10. The molecule has 58 valence electrons. The molecule has 0 aromatic carbocycles. The Morgan fingerprint density at radius 1 is 1.64 bits per heavy atom. The van der Waals surface area contributed by atoms with Crippen LogP contribution in [-0.4, -0.2) is 12.0 Å². The van der Waals surface area contributed by atoms with Gasteiger partial charge in [-0.1, -0.05) is 0 Å². The maximum atomic E-state index is 5.62. The molecule has 1 heterocycles. The molecule has 0 aliphatic carbocycles. The lowest BCUT2D eigenvalue weighted by Gasteiger charge is -1.96. The van der Waals surface area contributed by atoms with Gasteiger partial charge in [0.05, 0.1) is 11.9 Å². The first kappa shape index (κ1) is 7.60. The number of nitrogens with one attached hydrogen (secondary N) is 1. The standard InChI is InChI=1S/C8H11N3/c1-10-4-2-7-3-5-11-6-8(7)9/h2-6,10H,9H2,1H3/b4-2-. The molecule has 0 fully saturated rings. The van der Waals surface area contributed by atoms with Crippen LogP contribution in [0.4, 0.5) is 5.69 Å². The molecule has 0 atom stereocenters. The minimum atomic E-state index is 0.694. The molecule has 0 saturated heterocycles. The lowest BCUT2D eigenvalue weighted by atomic mass is 10.2. The summed E-state index contributed by atoms with van der Waals surface area (Å²) in [7, 11) is 1.84. The minimum Gasteiger partial charge on any atom is -0.397 e. The molecule has 0 bridgehead atoms. The van der Waals surface area contributed by atoms with Gasteiger partial charge in [0.15, 0.2) is 0 Å². The van der Waals surface area contributed by atoms with Gasteiger partial charge in [0.25, 0.3) is 0 Å². The molecule has 0 spiro atoms. The number of pyridine rings is 1. The lowest BCUT2D eigenvalue weighted by Crippen LogP contribution is -1.93. The van der Waals surface area contributed by atoms with Crippen molar-refractivity contribution in [2.45, 2.75) is 0 Å². The van der Waals surface area contributed by atoms with Crippen LogP contribution >= 0.6 is 0 Å². The van der Waals surface area contributed by atoms with Gasteiger partial charge in [-0.25, -0.2) is 0 Å². The van der Waals surface area contributed by atoms with Gasteiger partial charge < -0.3 is 11.1 Å². The van der Waals surface area contributed by atoms with Crippen LogP contribution in [-0.2, 0) is 0 Å². The Balaban J connectivity index is 2.86. The lowest BCUT2D eigenvalue weighted by molar-refractivity contribution is 1.11. The molecule has 0 saturated carbocycles. The van der Waals surface area contributed by atoms with E-state index in [9.17, 15) is 0 Å². The molecule has 1 rings (SSSR count). The molecule has 1 aromatic heterocycles. The van der Waals surface area contributed by atoms with Crippen molar-refractivity contribution in [3.05, 3.63) is 30.2 Å². The summed E-state index contributed by atoms with van der Waals surface area (Å²) in [6.45, 7) is 0. The Kier molecular flexibility index (Phi) is 2.49. The Morgan fingerprint density at radius 3 is 3.09 bits per heavy atom. The van der Waals surface area contributed by atoms with Crippen LogP contribution in [0.5, 0.6) is 0 Å². The van der Waals surface area contributed by atoms with Crippen molar-refractivity contribution in [1.82, 2.24) is 10.3 Å². The average Bonchev–Trinajstić information content (AvgIpc) is 2.03. The van der Waals surface area contributed by atoms with Crippen molar-refractivity contribution in [1.29, 1.82) is 0 Å². The van der Waals surface area contributed by atoms with E-state index in [0.29, 0.717) is 5.69 Å². The van der Waals surface area contributed by atoms with E-state index in [1.807, 2.05) is 25.4 Å². The second-order valence-electron chi connectivity index (χ2n) is 2.13. The highest BCUT2D eigenvalue weighted by Gasteiger charge is 1.90. The van der Waals surface area contributed by atoms with E-state index >= 15 is 0 Å². The number of nitrogen functional groups attached to an aromatic ring is 1. The van der Waals surface area contributed by atoms with Gasteiger partial charge in [-0.2, -0.15) is 0 Å². The third kappa shape index (κ3) is 1.97. The van der Waals surface area contributed by atoms with Crippen LogP contribution in [0.15, 0.2) is 24.7 Å². The molecule has 0 amide bonds. The number of rotatable bonds is 2. The molecule has 3 N–H and O–H groups in total. The highest BCUT2D eigenvalue weighted by molar-refractivity contribution is 5.62. The predicted molar refractivity (Wildman–Crippen MR) is 46.7 cm³/mol. The first-order valence-electron chi connectivity index (χ1n) is 3.38. The Morgan fingerprint density at radius 2 is 2.45 bits per heavy atom. The Labute approximate surface area is 65.9 Å². The van der Waals surface area contributed by atoms with Crippen molar-refractivity contribution in [3.8, 4) is 0 Å². The summed E-state index contributed by atoms with van der Waals surface area (Å²) in [6.07, 6.45) is 7.07. The van der Waals surface area contributed by atoms with E-state index in [2.05, 4.69) is 10.3 Å². The molecular formula is C8H11N3. The van der Waals surface area contributed by atoms with Gasteiger partial charge in [0, 0.05) is 18.8 Å². The monoisotopic (exact) mass is 149 g/mol. The molecule has 0 aliphatic heterocycles. The van der Waals surface area contributed by atoms with E-state index in [4.69, 9.17) is 5.73 Å². The highest BCUT2D eigenvalue weighted by Crippen LogP contribution is 2.09. The van der Waals surface area contributed by atoms with Crippen molar-refractivity contribution < 1.29 is 0 Å². The normalized spacial score (nSPS) is 10.3. The predicted octanol–water partition coefficient (Wildman–Crippen LogP) is 0.854. The third-order valence-corrected chi connectivity index (χ3v) is 1.32. The number of hydrogen-bond donors (Lipinski definition) is 2. The van der Waals surface area contributed by atoms with E-state index < -0.39 is 0 Å². The zero-order valence-electron chi connectivity index (χ0n) is 6.41. The molecule has 1 aromatic rings. The molecular weight excluding hydrogens is 138 g/mol. The number of anilines is 1. The van der Waals surface area contributed by atoms with Crippen LogP contribution in [0, 0.1) is 0 Å². The second-order valence-corrected chi connectivity index (χ2v) is 2.13. The van der Waals surface area contributed by atoms with Crippen molar-refractivity contribution in [3.63, 3.8) is 0 Å². The molecule has 0 aliphatic rings. The highest BCUT2D eigenvalue weighted by atomic mass is 14.8. The van der Waals surface area contributed by atoms with Gasteiger partial charge in [-0.15, -0.1) is 0 Å². The van der Waals surface area contributed by atoms with Crippen LogP contribution in [0.3, 0.4) is 0 Å². The summed E-state index contributed by atoms with van der Waals surface area (Å²) >= 11 is 0. The van der Waals surface area contributed by atoms with Crippen LogP contribution in [0.2, 0.25) is 0 Å². The Hall–Kier alpha value is -1.51. The van der Waals surface area contributed by atoms with Crippen molar-refractivity contribution in [2.75, 3.05) is 12.8 Å². The summed E-state index contributed by atoms with van der Waals surface area (Å²) in [4.78, 5) is 3.87. The van der Waals surface area contributed by atoms with Gasteiger partial charge >= 0.3 is 0 Å². The molecule has 0 unspecified atom stereocenters. The van der Waals surface area contributed by atoms with Gasteiger partial charge in [-0.05, 0) is 18.3 Å². The fourth-order valence-electron chi connectivity index (χ4n) is 0.742. The summed E-state index contributed by atoms with van der Waals surface area (Å²) in [5.74, 6) is 0. The van der Waals surface area contributed by atoms with Crippen LogP contribution in [0.1, 0.15) is 5.56 Å². The van der Waals surface area contributed by atoms with Crippen molar-refractivity contribution >= 4 is 11.8 Å². The smallest absolute Gasteiger partial charge is 0.0574 e. The summed E-state index contributed by atoms with van der Waals surface area (Å²) in [5.41, 5.74) is 7.29. The number of aromatic nitrogens is 1. The van der Waals surface area contributed by atoms with E-state index in [1.54, 1.807) is 12.4 Å². The number of nitrogens with zero attached hydrogens (tertiary/aromatic N) is 1. The third-order valence-electron chi connectivity index (χ3n) is 1.32. The summed E-state index contributed by atoms with van der Waals surface area (Å²) in [6, 6.07) is 1.86. The SMILES string of the molecule is CN/C=C\c1ccncc1N. The number of nitrogens with two attached hydrogens (primary N) is 1. The minimum absolute atomic E-state index is 0.694. The first-order valence-corrected chi connectivity index (χ1v) is 3.38. The second kappa shape index (κ2) is 3.61. The maximum Gasteiger partial charge on any atom is 0.0574 e. The van der Waals surface area contributed by atoms with Gasteiger partial charge in [0.1, 0.15) is 0 Å². The fraction of sp³-hybridized carbons (Fsp3) is 0.125. The van der Waals surface area contributed by atoms with E-state index in [0.717, 1.165) is 5.56 Å². The quantitative estimate of drug-likeness (QED) is 0.655.